The average molecular weight is 352 g/mol. The van der Waals surface area contributed by atoms with Gasteiger partial charge in [0.15, 0.2) is 0 Å². The topological polar surface area (TPSA) is 81.8 Å². The highest BCUT2D eigenvalue weighted by molar-refractivity contribution is 6.01. The molecular weight excluding hydrogens is 334 g/mol. The van der Waals surface area contributed by atoms with Crippen LogP contribution in [0.1, 0.15) is 17.5 Å². The summed E-state index contributed by atoms with van der Waals surface area (Å²) in [6.07, 6.45) is 0.674. The van der Waals surface area contributed by atoms with Crippen molar-refractivity contribution in [3.63, 3.8) is 0 Å². The third-order valence-corrected chi connectivity index (χ3v) is 4.36. The number of fused-ring (bicyclic) bond motifs is 1. The van der Waals surface area contributed by atoms with Crippen molar-refractivity contribution in [2.45, 2.75) is 19.4 Å². The maximum Gasteiger partial charge on any atom is 0.324 e. The fourth-order valence-corrected chi connectivity index (χ4v) is 2.99. The molecule has 2 aliphatic heterocycles. The van der Waals surface area contributed by atoms with Gasteiger partial charge in [-0.2, -0.15) is 0 Å². The van der Waals surface area contributed by atoms with Crippen molar-refractivity contribution >= 4 is 18.0 Å². The van der Waals surface area contributed by atoms with Crippen LogP contribution < -0.4 is 10.6 Å². The maximum absolute atomic E-state index is 13.8. The summed E-state index contributed by atoms with van der Waals surface area (Å²) in [7, 11) is 0. The lowest BCUT2D eigenvalue weighted by Crippen LogP contribution is -2.44. The fourth-order valence-electron chi connectivity index (χ4n) is 2.99. The van der Waals surface area contributed by atoms with E-state index in [4.69, 9.17) is 0 Å². The Labute approximate surface area is 143 Å². The van der Waals surface area contributed by atoms with Gasteiger partial charge < -0.3 is 15.5 Å². The highest BCUT2D eigenvalue weighted by atomic mass is 19.1. The molecule has 0 aliphatic carbocycles. The number of nitrogens with zero attached hydrogens (tertiary/aromatic N) is 2. The molecular formula is C16H18F2N4O3. The van der Waals surface area contributed by atoms with E-state index >= 15 is 0 Å². The van der Waals surface area contributed by atoms with Gasteiger partial charge in [-0.05, 0) is 30.5 Å². The molecule has 1 aromatic carbocycles. The largest absolute Gasteiger partial charge is 0.338 e. The first-order valence-electron chi connectivity index (χ1n) is 8.04. The molecule has 2 heterocycles. The number of urea groups is 2. The number of hydrogen-bond donors (Lipinski definition) is 2. The van der Waals surface area contributed by atoms with E-state index in [0.29, 0.717) is 18.5 Å². The molecule has 0 saturated carbocycles. The summed E-state index contributed by atoms with van der Waals surface area (Å²) >= 11 is 0. The first-order valence-corrected chi connectivity index (χ1v) is 8.04. The summed E-state index contributed by atoms with van der Waals surface area (Å²) in [4.78, 5) is 37.5. The standard InChI is InChI=1S/C16H18F2N4O3/c17-12-2-3-13(18)11-9-21(7-4-10(11)12)15(24)19-5-1-6-22-14(23)8-20-16(22)25/h2-3H,1,4-9H2,(H,19,24)(H,20,25). The summed E-state index contributed by atoms with van der Waals surface area (Å²) in [6.45, 7) is 0.795. The van der Waals surface area contributed by atoms with E-state index in [2.05, 4.69) is 10.6 Å². The van der Waals surface area contributed by atoms with E-state index in [1.54, 1.807) is 0 Å². The van der Waals surface area contributed by atoms with E-state index in [-0.39, 0.29) is 50.1 Å². The third kappa shape index (κ3) is 3.54. The quantitative estimate of drug-likeness (QED) is 0.626. The fraction of sp³-hybridized carbons (Fsp3) is 0.438. The van der Waals surface area contributed by atoms with E-state index in [1.165, 1.54) is 4.90 Å². The van der Waals surface area contributed by atoms with Crippen LogP contribution in [-0.4, -0.2) is 53.9 Å². The number of hydrogen-bond acceptors (Lipinski definition) is 3. The van der Waals surface area contributed by atoms with Gasteiger partial charge in [0.2, 0.25) is 5.91 Å². The van der Waals surface area contributed by atoms with Crippen molar-refractivity contribution in [1.82, 2.24) is 20.4 Å². The summed E-state index contributed by atoms with van der Waals surface area (Å²) in [6, 6.07) is 1.35. The van der Waals surface area contributed by atoms with Crippen LogP contribution in [0.5, 0.6) is 0 Å². The molecule has 0 atom stereocenters. The van der Waals surface area contributed by atoms with Crippen molar-refractivity contribution < 1.29 is 23.2 Å². The summed E-state index contributed by atoms with van der Waals surface area (Å²) in [5.41, 5.74) is 0.531. The van der Waals surface area contributed by atoms with Crippen molar-refractivity contribution in [2.24, 2.45) is 0 Å². The van der Waals surface area contributed by atoms with Crippen molar-refractivity contribution in [2.75, 3.05) is 26.2 Å². The molecule has 5 amide bonds. The Morgan fingerprint density at radius 3 is 2.60 bits per heavy atom. The summed E-state index contributed by atoms with van der Waals surface area (Å²) < 4.78 is 27.5. The average Bonchev–Trinajstić information content (AvgIpc) is 2.93. The zero-order valence-corrected chi connectivity index (χ0v) is 13.5. The molecule has 25 heavy (non-hydrogen) atoms. The maximum atomic E-state index is 13.8. The van der Waals surface area contributed by atoms with Crippen LogP contribution in [-0.2, 0) is 17.8 Å². The Morgan fingerprint density at radius 1 is 1.20 bits per heavy atom. The van der Waals surface area contributed by atoms with Gasteiger partial charge in [-0.25, -0.2) is 18.4 Å². The second kappa shape index (κ2) is 7.04. The second-order valence-corrected chi connectivity index (χ2v) is 5.95. The number of amides is 5. The zero-order chi connectivity index (χ0) is 18.0. The Kier molecular flexibility index (Phi) is 4.82. The molecule has 1 aromatic rings. The minimum Gasteiger partial charge on any atom is -0.338 e. The molecule has 2 N–H and O–H groups in total. The van der Waals surface area contributed by atoms with Gasteiger partial charge >= 0.3 is 12.1 Å². The lowest BCUT2D eigenvalue weighted by Gasteiger charge is -2.29. The SMILES string of the molecule is O=C(NCCCN1C(=O)CNC1=O)N1CCc2c(F)ccc(F)c2C1. The zero-order valence-electron chi connectivity index (χ0n) is 13.5. The van der Waals surface area contributed by atoms with Crippen LogP contribution in [0.3, 0.4) is 0 Å². The number of halogens is 2. The van der Waals surface area contributed by atoms with Crippen LogP contribution in [0.4, 0.5) is 18.4 Å². The molecule has 134 valence electrons. The van der Waals surface area contributed by atoms with Gasteiger partial charge in [-0.15, -0.1) is 0 Å². The molecule has 3 rings (SSSR count). The van der Waals surface area contributed by atoms with Crippen LogP contribution >= 0.6 is 0 Å². The smallest absolute Gasteiger partial charge is 0.324 e. The molecule has 2 aliphatic rings. The van der Waals surface area contributed by atoms with Crippen molar-refractivity contribution in [3.05, 3.63) is 34.9 Å². The van der Waals surface area contributed by atoms with E-state index < -0.39 is 17.7 Å². The van der Waals surface area contributed by atoms with Crippen molar-refractivity contribution in [3.8, 4) is 0 Å². The highest BCUT2D eigenvalue weighted by Crippen LogP contribution is 2.24. The van der Waals surface area contributed by atoms with E-state index in [9.17, 15) is 23.2 Å². The number of carbonyl (C=O) groups is 3. The number of nitrogens with one attached hydrogen (secondary N) is 2. The van der Waals surface area contributed by atoms with Crippen LogP contribution in [0.15, 0.2) is 12.1 Å². The summed E-state index contributed by atoms with van der Waals surface area (Å²) in [5, 5.41) is 5.09. The lowest BCUT2D eigenvalue weighted by atomic mass is 9.99. The molecule has 0 bridgehead atoms. The predicted molar refractivity (Wildman–Crippen MR) is 83.6 cm³/mol. The van der Waals surface area contributed by atoms with Gasteiger partial charge in [0, 0.05) is 25.2 Å². The Hall–Kier alpha value is -2.71. The van der Waals surface area contributed by atoms with Crippen LogP contribution in [0, 0.1) is 11.6 Å². The molecule has 9 heteroatoms. The molecule has 1 fully saturated rings. The van der Waals surface area contributed by atoms with Crippen LogP contribution in [0.2, 0.25) is 0 Å². The van der Waals surface area contributed by atoms with Gasteiger partial charge in [0.25, 0.3) is 0 Å². The molecule has 0 radical (unpaired) electrons. The first kappa shape index (κ1) is 17.1. The lowest BCUT2D eigenvalue weighted by molar-refractivity contribution is -0.125. The monoisotopic (exact) mass is 352 g/mol. The molecule has 7 nitrogen and oxygen atoms in total. The number of benzene rings is 1. The Bertz CT molecular complexity index is 710. The van der Waals surface area contributed by atoms with Gasteiger partial charge in [-0.1, -0.05) is 0 Å². The van der Waals surface area contributed by atoms with E-state index in [1.807, 2.05) is 0 Å². The molecule has 0 unspecified atom stereocenters. The van der Waals surface area contributed by atoms with Crippen molar-refractivity contribution in [1.29, 1.82) is 0 Å². The van der Waals surface area contributed by atoms with Crippen LogP contribution in [0.25, 0.3) is 0 Å². The predicted octanol–water partition coefficient (Wildman–Crippen LogP) is 0.974. The molecule has 1 saturated heterocycles. The van der Waals surface area contributed by atoms with Gasteiger partial charge in [0.1, 0.15) is 11.6 Å². The molecule has 0 aromatic heterocycles. The van der Waals surface area contributed by atoms with E-state index in [0.717, 1.165) is 17.0 Å². The minimum absolute atomic E-state index is 0.000499. The minimum atomic E-state index is -0.521. The molecule has 0 spiro atoms. The number of imide groups is 1. The number of carbonyl (C=O) groups excluding carboxylic acids is 3. The second-order valence-electron chi connectivity index (χ2n) is 5.95. The number of rotatable bonds is 4. The Morgan fingerprint density at radius 2 is 1.92 bits per heavy atom. The first-order chi connectivity index (χ1) is 12.0. The Balaban J connectivity index is 1.49. The summed E-state index contributed by atoms with van der Waals surface area (Å²) in [5.74, 6) is -1.26. The van der Waals surface area contributed by atoms with Gasteiger partial charge in [-0.3, -0.25) is 9.69 Å². The third-order valence-electron chi connectivity index (χ3n) is 4.36. The normalized spacial score (nSPS) is 16.7. The highest BCUT2D eigenvalue weighted by Gasteiger charge is 2.28. The van der Waals surface area contributed by atoms with Gasteiger partial charge in [0.05, 0.1) is 13.1 Å².